The van der Waals surface area contributed by atoms with Crippen molar-refractivity contribution in [2.45, 2.75) is 145 Å². The molecule has 4 aliphatic carbocycles. The van der Waals surface area contributed by atoms with E-state index in [2.05, 4.69) is 96.4 Å². The monoisotopic (exact) mass is 736 g/mol. The third-order valence-electron chi connectivity index (χ3n) is 15.0. The molecule has 9 unspecified atom stereocenters. The summed E-state index contributed by atoms with van der Waals surface area (Å²) >= 11 is 0. The Kier molecular flexibility index (Phi) is 15.8. The zero-order valence-corrected chi connectivity index (χ0v) is 35.4. The number of allylic oxidation sites excluding steroid dienone is 2. The molecule has 0 bridgehead atoms. The first-order chi connectivity index (χ1) is 25.2. The van der Waals surface area contributed by atoms with Crippen LogP contribution in [0.15, 0.2) is 36.2 Å². The molecule has 1 aliphatic heterocycles. The number of aldehydes is 1. The fourth-order valence-electron chi connectivity index (χ4n) is 11.9. The van der Waals surface area contributed by atoms with Gasteiger partial charge in [-0.05, 0) is 105 Å². The molecule has 0 spiro atoms. The number of aromatic nitrogens is 1. The normalized spacial score (nSPS) is 35.4. The summed E-state index contributed by atoms with van der Waals surface area (Å²) in [5, 5.41) is 6.89. The van der Waals surface area contributed by atoms with E-state index in [1.807, 2.05) is 18.5 Å². The van der Waals surface area contributed by atoms with E-state index < -0.39 is 0 Å². The Morgan fingerprint density at radius 2 is 1.75 bits per heavy atom. The van der Waals surface area contributed by atoms with E-state index in [4.69, 9.17) is 14.6 Å². The van der Waals surface area contributed by atoms with Gasteiger partial charge < -0.3 is 19.5 Å². The second-order valence-corrected chi connectivity index (χ2v) is 18.9. The molecular formula is C46H77N3O4. The average molecular weight is 736 g/mol. The van der Waals surface area contributed by atoms with Gasteiger partial charge >= 0.3 is 0 Å². The van der Waals surface area contributed by atoms with Gasteiger partial charge in [-0.25, -0.2) is 0 Å². The van der Waals surface area contributed by atoms with E-state index in [1.165, 1.54) is 63.2 Å². The molecule has 4 fully saturated rings. The Bertz CT molecular complexity index is 1310. The van der Waals surface area contributed by atoms with E-state index in [0.29, 0.717) is 29.6 Å². The molecule has 2 heterocycles. The van der Waals surface area contributed by atoms with Crippen LogP contribution in [0.5, 0.6) is 0 Å². The van der Waals surface area contributed by atoms with Gasteiger partial charge in [0.25, 0.3) is 6.47 Å². The molecule has 1 N–H and O–H groups in total. The number of pyridine rings is 1. The van der Waals surface area contributed by atoms with E-state index in [-0.39, 0.29) is 40.8 Å². The fourth-order valence-corrected chi connectivity index (χ4v) is 11.9. The Balaban J connectivity index is 0.000000548. The van der Waals surface area contributed by atoms with Crippen LogP contribution in [0, 0.1) is 57.7 Å². The van der Waals surface area contributed by atoms with Crippen LogP contribution in [0.4, 0.5) is 0 Å². The first-order valence-corrected chi connectivity index (χ1v) is 21.4. The predicted octanol–water partition coefficient (Wildman–Crippen LogP) is 9.80. The number of hydrogen-bond acceptors (Lipinski definition) is 6. The maximum absolute atomic E-state index is 13.0. The third kappa shape index (κ3) is 9.15. The van der Waals surface area contributed by atoms with Crippen LogP contribution in [0.1, 0.15) is 132 Å². The number of carbonyl (C=O) groups excluding carboxylic acids is 1. The second kappa shape index (κ2) is 19.2. The molecule has 7 nitrogen and oxygen atoms in total. The maximum Gasteiger partial charge on any atom is 0.290 e. The molecule has 0 aromatic carbocycles. The number of nitrogens with zero attached hydrogens (tertiary/aromatic N) is 3. The summed E-state index contributed by atoms with van der Waals surface area (Å²) in [5.74, 6) is 3.85. The quantitative estimate of drug-likeness (QED) is 0.151. The lowest BCUT2D eigenvalue weighted by Gasteiger charge is -2.45. The number of carboxylic acid groups (broad SMARTS) is 1. The number of ether oxygens (including phenoxy) is 1. The van der Waals surface area contributed by atoms with Crippen molar-refractivity contribution in [3.05, 3.63) is 41.7 Å². The maximum atomic E-state index is 13.0. The lowest BCUT2D eigenvalue weighted by Crippen LogP contribution is -2.43. The first-order valence-electron chi connectivity index (χ1n) is 21.4. The second-order valence-electron chi connectivity index (χ2n) is 18.9. The molecule has 1 saturated heterocycles. The van der Waals surface area contributed by atoms with Gasteiger partial charge in [0.15, 0.2) is 0 Å². The Morgan fingerprint density at radius 3 is 2.30 bits per heavy atom. The van der Waals surface area contributed by atoms with Gasteiger partial charge in [-0.15, -0.1) is 0 Å². The van der Waals surface area contributed by atoms with Crippen molar-refractivity contribution in [3.63, 3.8) is 0 Å². The minimum absolute atomic E-state index is 0.0858. The van der Waals surface area contributed by atoms with Crippen LogP contribution in [0.25, 0.3) is 0 Å². The van der Waals surface area contributed by atoms with Gasteiger partial charge in [0.1, 0.15) is 6.29 Å². The smallest absolute Gasteiger partial charge is 0.290 e. The highest BCUT2D eigenvalue weighted by molar-refractivity contribution is 5.62. The van der Waals surface area contributed by atoms with Crippen molar-refractivity contribution >= 4 is 12.8 Å². The molecule has 1 aromatic heterocycles. The molecular weight excluding hydrogens is 659 g/mol. The Labute approximate surface area is 324 Å². The Hall–Kier alpha value is -2.09. The van der Waals surface area contributed by atoms with Crippen LogP contribution >= 0.6 is 0 Å². The molecule has 5 aliphatic rings. The van der Waals surface area contributed by atoms with E-state index in [9.17, 15) is 4.79 Å². The first kappa shape index (κ1) is 43.6. The summed E-state index contributed by atoms with van der Waals surface area (Å²) in [5.41, 5.74) is 2.95. The van der Waals surface area contributed by atoms with Crippen molar-refractivity contribution in [1.29, 1.82) is 0 Å². The van der Waals surface area contributed by atoms with Crippen LogP contribution < -0.4 is 0 Å². The topological polar surface area (TPSA) is 83.0 Å². The Morgan fingerprint density at radius 1 is 1.06 bits per heavy atom. The van der Waals surface area contributed by atoms with E-state index >= 15 is 0 Å². The summed E-state index contributed by atoms with van der Waals surface area (Å²) in [6.07, 6.45) is 22.8. The van der Waals surface area contributed by atoms with Gasteiger partial charge in [0.2, 0.25) is 0 Å². The minimum atomic E-state index is -0.250. The minimum Gasteiger partial charge on any atom is -0.483 e. The standard InChI is InChI=1S/C38H61N3O2.C7H14.CH2O2/c1-10-13-27(4)30-19-31(25-42)36(6)32(26(2)3)20-34-37(36,7)38(34,21-30)35-18-28(5)33(43-35)24-41(17-12-16-40(8)9)23-29-14-11-15-39-22-29;1-7-5-3-2-4-6-7;2-1-3/h11,14-15,20,22,25-28,30-31,33-35H,10,12-13,16-19,21,23-24H2,1-9H3;7H,2-6H2,1H3;1H,(H,2,3)/t27?,28?,30?,31?,33-,34?,35?,36?,37?,38?;;/m0../s1. The SMILES string of the molecule is CC1CCCCC1.CCCC(C)C1CC(C=O)C2(C)C(C(C)C)=CC3C(C4CC(C)[C@H](CN(CCCN(C)C)Cc5cccnc5)O4)(C1)C32C.O=CO. The van der Waals surface area contributed by atoms with Crippen LogP contribution in [0.3, 0.4) is 0 Å². The lowest BCUT2D eigenvalue weighted by molar-refractivity contribution is -0.123. The molecule has 0 radical (unpaired) electrons. The summed E-state index contributed by atoms with van der Waals surface area (Å²) in [6, 6.07) is 4.25. The average Bonchev–Trinajstić information content (AvgIpc) is 3.30. The number of rotatable bonds is 14. The highest BCUT2D eigenvalue weighted by Crippen LogP contribution is 2.89. The number of carbonyl (C=O) groups is 2. The molecule has 7 heteroatoms. The van der Waals surface area contributed by atoms with Crippen molar-refractivity contribution in [2.75, 3.05) is 33.7 Å². The predicted molar refractivity (Wildman–Crippen MR) is 217 cm³/mol. The zero-order valence-electron chi connectivity index (χ0n) is 35.4. The fraction of sp³-hybridized carbons (Fsp3) is 0.804. The zero-order chi connectivity index (χ0) is 39.0. The summed E-state index contributed by atoms with van der Waals surface area (Å²) in [7, 11) is 4.32. The van der Waals surface area contributed by atoms with Crippen molar-refractivity contribution in [1.82, 2.24) is 14.8 Å². The molecule has 3 saturated carbocycles. The molecule has 1 aromatic rings. The van der Waals surface area contributed by atoms with Crippen molar-refractivity contribution in [2.24, 2.45) is 57.7 Å². The summed E-state index contributed by atoms with van der Waals surface area (Å²) in [6.45, 7) is 23.1. The van der Waals surface area contributed by atoms with Gasteiger partial charge in [0.05, 0.1) is 12.2 Å². The molecule has 300 valence electrons. The van der Waals surface area contributed by atoms with Gasteiger partial charge in [-0.1, -0.05) is 118 Å². The largest absolute Gasteiger partial charge is 0.483 e. The molecule has 53 heavy (non-hydrogen) atoms. The third-order valence-corrected chi connectivity index (χ3v) is 15.0. The summed E-state index contributed by atoms with van der Waals surface area (Å²) in [4.78, 5) is 30.6. The lowest BCUT2D eigenvalue weighted by atomic mass is 9.58. The van der Waals surface area contributed by atoms with E-state index in [0.717, 1.165) is 51.4 Å². The van der Waals surface area contributed by atoms with Crippen molar-refractivity contribution < 1.29 is 19.4 Å². The van der Waals surface area contributed by atoms with Crippen LogP contribution in [-0.4, -0.2) is 78.6 Å². The highest BCUT2D eigenvalue weighted by atomic mass is 16.5. The summed E-state index contributed by atoms with van der Waals surface area (Å²) < 4.78 is 7.34. The highest BCUT2D eigenvalue weighted by Gasteiger charge is 2.86. The van der Waals surface area contributed by atoms with Gasteiger partial charge in [-0.3, -0.25) is 14.7 Å². The van der Waals surface area contributed by atoms with Crippen LogP contribution in [-0.2, 0) is 20.9 Å². The molecule has 10 atom stereocenters. The van der Waals surface area contributed by atoms with Crippen LogP contribution in [0.2, 0.25) is 0 Å². The number of fused-ring (bicyclic) bond motifs is 1. The van der Waals surface area contributed by atoms with Gasteiger partial charge in [0, 0.05) is 42.2 Å². The van der Waals surface area contributed by atoms with E-state index in [1.54, 1.807) is 5.57 Å². The van der Waals surface area contributed by atoms with Gasteiger partial charge in [-0.2, -0.15) is 0 Å². The molecule has 0 amide bonds. The van der Waals surface area contributed by atoms with Crippen molar-refractivity contribution in [3.8, 4) is 0 Å². The number of hydrogen-bond donors (Lipinski definition) is 1. The molecule has 6 rings (SSSR count).